The Hall–Kier alpha value is -3.10. The van der Waals surface area contributed by atoms with Gasteiger partial charge in [-0.15, -0.1) is 0 Å². The highest BCUT2D eigenvalue weighted by atomic mass is 16.4. The lowest BCUT2D eigenvalue weighted by Crippen LogP contribution is -2.45. The molecule has 0 saturated carbocycles. The van der Waals surface area contributed by atoms with Crippen LogP contribution in [0.2, 0.25) is 0 Å². The molecular formula is C12H14N4O5. The van der Waals surface area contributed by atoms with E-state index in [0.717, 1.165) is 4.90 Å². The molecule has 1 aromatic rings. The van der Waals surface area contributed by atoms with E-state index in [1.165, 1.54) is 24.3 Å². The summed E-state index contributed by atoms with van der Waals surface area (Å²) in [7, 11) is 0. The average molecular weight is 294 g/mol. The summed E-state index contributed by atoms with van der Waals surface area (Å²) in [6.45, 7) is -0.985. The summed E-state index contributed by atoms with van der Waals surface area (Å²) >= 11 is 0. The number of nitrogens with two attached hydrogens (primary N) is 2. The number of urea groups is 1. The summed E-state index contributed by atoms with van der Waals surface area (Å²) in [5.74, 6) is -2.78. The van der Waals surface area contributed by atoms with Crippen LogP contribution < -0.4 is 16.8 Å². The minimum absolute atomic E-state index is 0.0239. The SMILES string of the molecule is NC(=O)CN(CC(N)=O)C(=O)Nc1cccc(C(=O)O)c1. The van der Waals surface area contributed by atoms with Crippen LogP contribution in [0.3, 0.4) is 0 Å². The highest BCUT2D eigenvalue weighted by molar-refractivity contribution is 5.96. The van der Waals surface area contributed by atoms with Crippen LogP contribution >= 0.6 is 0 Å². The molecule has 4 amide bonds. The second-order valence-electron chi connectivity index (χ2n) is 4.10. The fourth-order valence-electron chi connectivity index (χ4n) is 1.51. The van der Waals surface area contributed by atoms with E-state index in [-0.39, 0.29) is 11.3 Å². The fourth-order valence-corrected chi connectivity index (χ4v) is 1.51. The summed E-state index contributed by atoms with van der Waals surface area (Å²) in [5, 5.41) is 11.2. The molecule has 0 bridgehead atoms. The Bertz CT molecular complexity index is 571. The summed E-state index contributed by atoms with van der Waals surface area (Å²) in [6, 6.07) is 4.67. The van der Waals surface area contributed by atoms with Gasteiger partial charge in [0.05, 0.1) is 5.56 Å². The quantitative estimate of drug-likeness (QED) is 0.539. The molecule has 0 unspecified atom stereocenters. The first-order valence-electron chi connectivity index (χ1n) is 5.75. The number of carboxylic acids is 1. The summed E-state index contributed by atoms with van der Waals surface area (Å²) in [6.07, 6.45) is 0. The number of nitrogens with one attached hydrogen (secondary N) is 1. The van der Waals surface area contributed by atoms with E-state index >= 15 is 0 Å². The lowest BCUT2D eigenvalue weighted by atomic mass is 10.2. The first-order valence-corrected chi connectivity index (χ1v) is 5.75. The van der Waals surface area contributed by atoms with Gasteiger partial charge in [0.1, 0.15) is 13.1 Å². The molecule has 0 radical (unpaired) electrons. The molecule has 0 saturated heterocycles. The van der Waals surface area contributed by atoms with Gasteiger partial charge in [-0.3, -0.25) is 9.59 Å². The lowest BCUT2D eigenvalue weighted by molar-refractivity contribution is -0.120. The van der Waals surface area contributed by atoms with Crippen molar-refractivity contribution in [3.63, 3.8) is 0 Å². The molecule has 9 nitrogen and oxygen atoms in total. The number of primary amides is 2. The van der Waals surface area contributed by atoms with E-state index in [1.807, 2.05) is 0 Å². The molecule has 0 aliphatic rings. The first-order chi connectivity index (χ1) is 9.79. The largest absolute Gasteiger partial charge is 0.478 e. The minimum atomic E-state index is -1.16. The van der Waals surface area contributed by atoms with Crippen LogP contribution in [0, 0.1) is 0 Å². The molecule has 0 atom stereocenters. The number of hydrogen-bond donors (Lipinski definition) is 4. The maximum Gasteiger partial charge on any atom is 0.335 e. The number of hydrogen-bond acceptors (Lipinski definition) is 4. The molecule has 21 heavy (non-hydrogen) atoms. The average Bonchev–Trinajstić information content (AvgIpc) is 2.37. The number of amides is 4. The standard InChI is InChI=1S/C12H14N4O5/c13-9(17)5-16(6-10(14)18)12(21)15-8-3-1-2-7(4-8)11(19)20/h1-4H,5-6H2,(H2,13,17)(H2,14,18)(H,15,21)(H,19,20). The van der Waals surface area contributed by atoms with Crippen LogP contribution in [0.25, 0.3) is 0 Å². The zero-order chi connectivity index (χ0) is 16.0. The number of anilines is 1. The zero-order valence-corrected chi connectivity index (χ0v) is 10.9. The van der Waals surface area contributed by atoms with Crippen molar-refractivity contribution >= 4 is 29.5 Å². The molecule has 0 heterocycles. The maximum atomic E-state index is 11.9. The Labute approximate surface area is 119 Å². The van der Waals surface area contributed by atoms with E-state index in [1.54, 1.807) is 0 Å². The van der Waals surface area contributed by atoms with Gasteiger partial charge in [-0.2, -0.15) is 0 Å². The molecule has 0 aliphatic heterocycles. The molecule has 1 aromatic carbocycles. The second kappa shape index (κ2) is 6.89. The van der Waals surface area contributed by atoms with E-state index < -0.39 is 36.9 Å². The fraction of sp³-hybridized carbons (Fsp3) is 0.167. The first kappa shape index (κ1) is 16.0. The van der Waals surface area contributed by atoms with Crippen molar-refractivity contribution in [3.8, 4) is 0 Å². The smallest absolute Gasteiger partial charge is 0.335 e. The van der Waals surface area contributed by atoms with Crippen molar-refractivity contribution in [1.29, 1.82) is 0 Å². The van der Waals surface area contributed by atoms with Crippen molar-refractivity contribution in [2.75, 3.05) is 18.4 Å². The number of benzene rings is 1. The third-order valence-corrected chi connectivity index (χ3v) is 2.34. The maximum absolute atomic E-state index is 11.9. The predicted octanol–water partition coefficient (Wildman–Crippen LogP) is -0.811. The molecule has 6 N–H and O–H groups in total. The monoisotopic (exact) mass is 294 g/mol. The molecule has 0 spiro atoms. The summed E-state index contributed by atoms with van der Waals surface area (Å²) in [4.78, 5) is 45.3. The van der Waals surface area contributed by atoms with Crippen molar-refractivity contribution < 1.29 is 24.3 Å². The number of carbonyl (C=O) groups excluding carboxylic acids is 3. The lowest BCUT2D eigenvalue weighted by Gasteiger charge is -2.20. The van der Waals surface area contributed by atoms with Gasteiger partial charge < -0.3 is 26.8 Å². The van der Waals surface area contributed by atoms with Gasteiger partial charge in [0.15, 0.2) is 0 Å². The van der Waals surface area contributed by atoms with Crippen molar-refractivity contribution in [2.45, 2.75) is 0 Å². The van der Waals surface area contributed by atoms with Crippen LogP contribution in [-0.4, -0.2) is 46.9 Å². The summed E-state index contributed by atoms with van der Waals surface area (Å²) in [5.41, 5.74) is 10.1. The van der Waals surface area contributed by atoms with Crippen molar-refractivity contribution in [2.24, 2.45) is 11.5 Å². The summed E-state index contributed by atoms with van der Waals surface area (Å²) < 4.78 is 0. The minimum Gasteiger partial charge on any atom is -0.478 e. The van der Waals surface area contributed by atoms with Crippen LogP contribution in [0.15, 0.2) is 24.3 Å². The van der Waals surface area contributed by atoms with Gasteiger partial charge in [-0.1, -0.05) is 6.07 Å². The van der Waals surface area contributed by atoms with E-state index in [4.69, 9.17) is 16.6 Å². The zero-order valence-electron chi connectivity index (χ0n) is 10.9. The van der Waals surface area contributed by atoms with Gasteiger partial charge in [-0.25, -0.2) is 9.59 Å². The number of nitrogens with zero attached hydrogens (tertiary/aromatic N) is 1. The van der Waals surface area contributed by atoms with Gasteiger partial charge >= 0.3 is 12.0 Å². The van der Waals surface area contributed by atoms with Gasteiger partial charge in [0, 0.05) is 5.69 Å². The Morgan fingerprint density at radius 2 is 1.67 bits per heavy atom. The molecular weight excluding hydrogens is 280 g/mol. The van der Waals surface area contributed by atoms with Gasteiger partial charge in [-0.05, 0) is 18.2 Å². The van der Waals surface area contributed by atoms with Crippen LogP contribution in [0.4, 0.5) is 10.5 Å². The van der Waals surface area contributed by atoms with E-state index in [0.29, 0.717) is 0 Å². The highest BCUT2D eigenvalue weighted by Crippen LogP contribution is 2.11. The third kappa shape index (κ3) is 5.19. The number of rotatable bonds is 6. The predicted molar refractivity (Wildman–Crippen MR) is 72.4 cm³/mol. The topological polar surface area (TPSA) is 156 Å². The molecule has 0 aromatic heterocycles. The van der Waals surface area contributed by atoms with Crippen molar-refractivity contribution in [1.82, 2.24) is 4.90 Å². The third-order valence-electron chi connectivity index (χ3n) is 2.34. The van der Waals surface area contributed by atoms with Crippen molar-refractivity contribution in [3.05, 3.63) is 29.8 Å². The van der Waals surface area contributed by atoms with E-state index in [2.05, 4.69) is 5.32 Å². The Morgan fingerprint density at radius 3 is 2.14 bits per heavy atom. The Kier molecular flexibility index (Phi) is 5.24. The molecule has 1 rings (SSSR count). The second-order valence-corrected chi connectivity index (χ2v) is 4.10. The number of aromatic carboxylic acids is 1. The Balaban J connectivity index is 2.85. The normalized spacial score (nSPS) is 9.71. The van der Waals surface area contributed by atoms with Gasteiger partial charge in [0.2, 0.25) is 11.8 Å². The van der Waals surface area contributed by atoms with Gasteiger partial charge in [0.25, 0.3) is 0 Å². The molecule has 9 heteroatoms. The number of carbonyl (C=O) groups is 4. The molecule has 0 aliphatic carbocycles. The van der Waals surface area contributed by atoms with Crippen LogP contribution in [0.1, 0.15) is 10.4 Å². The number of carboxylic acid groups (broad SMARTS) is 1. The van der Waals surface area contributed by atoms with E-state index in [9.17, 15) is 19.2 Å². The molecule has 0 fully saturated rings. The molecule has 112 valence electrons. The van der Waals surface area contributed by atoms with Crippen LogP contribution in [-0.2, 0) is 9.59 Å². The Morgan fingerprint density at radius 1 is 1.10 bits per heavy atom. The van der Waals surface area contributed by atoms with Crippen LogP contribution in [0.5, 0.6) is 0 Å². The highest BCUT2D eigenvalue weighted by Gasteiger charge is 2.18.